The van der Waals surface area contributed by atoms with E-state index in [1.807, 2.05) is 5.32 Å². The molecule has 9 atom stereocenters. The Morgan fingerprint density at radius 1 is 1.10 bits per heavy atom. The topological polar surface area (TPSA) is 250 Å². The van der Waals surface area contributed by atoms with Crippen molar-refractivity contribution < 1.29 is 73.5 Å². The number of amides is 1. The Labute approximate surface area is 290 Å². The minimum absolute atomic E-state index is 0.0206. The van der Waals surface area contributed by atoms with Crippen molar-refractivity contribution >= 4 is 29.6 Å². The number of ether oxygens (including phenoxy) is 2. The SMILES string of the molecule is C[C@]12C=CC(=O)C=C1CC[C@H]1[C@@H]3C[C@@H](O)[C@](O)(C(=O)COC(=O)NC(COC(=O)c4cccc(CCON(O)O)c4)C(=O)O)[C@@]3(C)C[C@H](O)[C@@]12F. The van der Waals surface area contributed by atoms with E-state index < -0.39 is 101 Å². The highest BCUT2D eigenvalue weighted by Gasteiger charge is 2.76. The second kappa shape index (κ2) is 14.1. The number of hydrogen-bond acceptors (Lipinski definition) is 14. The van der Waals surface area contributed by atoms with Crippen LogP contribution in [0, 0.1) is 22.7 Å². The number of alkyl carbamates (subject to hydrolysis) is 1. The van der Waals surface area contributed by atoms with Crippen LogP contribution in [0.4, 0.5) is 9.18 Å². The highest BCUT2D eigenvalue weighted by atomic mass is 19.1. The lowest BCUT2D eigenvalue weighted by Gasteiger charge is -2.62. The van der Waals surface area contributed by atoms with Crippen LogP contribution in [-0.4, -0.2) is 115 Å². The van der Waals surface area contributed by atoms with Gasteiger partial charge in [-0.15, -0.1) is 0 Å². The molecule has 5 rings (SSSR count). The molecule has 1 amide bonds. The van der Waals surface area contributed by atoms with E-state index in [9.17, 15) is 44.4 Å². The first-order valence-electron chi connectivity index (χ1n) is 16.4. The number of carbonyl (C=O) groups is 5. The number of nitrogens with zero attached hydrogens (tertiary/aromatic N) is 1. The summed E-state index contributed by atoms with van der Waals surface area (Å²) in [6.07, 6.45) is -0.728. The monoisotopic (exact) mass is 720 g/mol. The van der Waals surface area contributed by atoms with Crippen molar-refractivity contribution in [3.63, 3.8) is 0 Å². The van der Waals surface area contributed by atoms with E-state index in [1.165, 1.54) is 43.4 Å². The Morgan fingerprint density at radius 3 is 2.51 bits per heavy atom. The summed E-state index contributed by atoms with van der Waals surface area (Å²) in [6.45, 7) is 0.963. The summed E-state index contributed by atoms with van der Waals surface area (Å²) in [5.41, 5.74) is -6.65. The number of carboxylic acid groups (broad SMARTS) is 1. The number of esters is 1. The molecule has 278 valence electrons. The number of halogens is 1. The number of aliphatic hydroxyl groups is 3. The van der Waals surface area contributed by atoms with Crippen molar-refractivity contribution in [2.45, 2.75) is 75.5 Å². The van der Waals surface area contributed by atoms with Crippen LogP contribution < -0.4 is 5.32 Å². The van der Waals surface area contributed by atoms with Gasteiger partial charge < -0.3 is 35.2 Å². The summed E-state index contributed by atoms with van der Waals surface area (Å²) < 4.78 is 27.3. The molecule has 4 aliphatic rings. The number of hydrogen-bond donors (Lipinski definition) is 7. The molecule has 0 radical (unpaired) electrons. The molecule has 0 spiro atoms. The number of aliphatic carboxylic acids is 1. The molecular formula is C34H41FN2O14. The van der Waals surface area contributed by atoms with Gasteiger partial charge in [-0.25, -0.2) is 18.8 Å². The summed E-state index contributed by atoms with van der Waals surface area (Å²) in [5.74, 6) is -5.70. The Morgan fingerprint density at radius 2 is 1.82 bits per heavy atom. The number of fused-ring (bicyclic) bond motifs is 5. The lowest BCUT2D eigenvalue weighted by atomic mass is 9.44. The maximum absolute atomic E-state index is 17.3. The average Bonchev–Trinajstić information content (AvgIpc) is 3.27. The fourth-order valence-electron chi connectivity index (χ4n) is 8.67. The molecule has 1 aromatic rings. The first-order chi connectivity index (χ1) is 23.9. The maximum atomic E-state index is 17.3. The Hall–Kier alpha value is -4.10. The minimum atomic E-state index is -2.58. The molecule has 1 unspecified atom stereocenters. The zero-order chi connectivity index (χ0) is 37.5. The molecule has 16 nitrogen and oxygen atoms in total. The molecule has 0 aromatic heterocycles. The van der Waals surface area contributed by atoms with E-state index in [-0.39, 0.29) is 37.2 Å². The van der Waals surface area contributed by atoms with Gasteiger partial charge in [0.25, 0.3) is 0 Å². The van der Waals surface area contributed by atoms with Gasteiger partial charge in [0.1, 0.15) is 6.61 Å². The van der Waals surface area contributed by atoms with Crippen molar-refractivity contribution in [3.8, 4) is 0 Å². The zero-order valence-corrected chi connectivity index (χ0v) is 27.9. The molecule has 0 bridgehead atoms. The molecule has 0 saturated heterocycles. The third-order valence-corrected chi connectivity index (χ3v) is 11.4. The first-order valence-corrected chi connectivity index (χ1v) is 16.4. The lowest BCUT2D eigenvalue weighted by Crippen LogP contribution is -2.69. The molecule has 3 fully saturated rings. The number of benzene rings is 1. The number of aliphatic hydroxyl groups excluding tert-OH is 2. The smallest absolute Gasteiger partial charge is 0.408 e. The second-order valence-electron chi connectivity index (χ2n) is 14.0. The predicted octanol–water partition coefficient (Wildman–Crippen LogP) is 1.22. The van der Waals surface area contributed by atoms with E-state index >= 15 is 4.39 Å². The molecule has 0 aliphatic heterocycles. The maximum Gasteiger partial charge on any atom is 0.408 e. The minimum Gasteiger partial charge on any atom is -0.480 e. The Kier molecular flexibility index (Phi) is 10.6. The fraction of sp³-hybridized carbons (Fsp3) is 0.559. The van der Waals surface area contributed by atoms with Crippen LogP contribution in [0.3, 0.4) is 0 Å². The van der Waals surface area contributed by atoms with E-state index in [0.717, 1.165) is 0 Å². The van der Waals surface area contributed by atoms with Crippen molar-refractivity contribution in [1.29, 1.82) is 0 Å². The fourth-order valence-corrected chi connectivity index (χ4v) is 8.67. The van der Waals surface area contributed by atoms with E-state index in [2.05, 4.69) is 4.84 Å². The van der Waals surface area contributed by atoms with Crippen LogP contribution in [-0.2, 0) is 35.1 Å². The molecule has 3 saturated carbocycles. The van der Waals surface area contributed by atoms with E-state index in [0.29, 0.717) is 17.6 Å². The van der Waals surface area contributed by atoms with Gasteiger partial charge in [-0.05, 0) is 74.8 Å². The predicted molar refractivity (Wildman–Crippen MR) is 167 cm³/mol. The number of Topliss-reactive ketones (excluding diaryl/α,β-unsaturated/α-hetero) is 1. The van der Waals surface area contributed by atoms with Gasteiger partial charge in [0, 0.05) is 16.7 Å². The van der Waals surface area contributed by atoms with Crippen LogP contribution in [0.2, 0.25) is 0 Å². The summed E-state index contributed by atoms with van der Waals surface area (Å²) in [4.78, 5) is 67.1. The van der Waals surface area contributed by atoms with Gasteiger partial charge in [0.15, 0.2) is 29.7 Å². The number of ketones is 2. The molecular weight excluding hydrogens is 679 g/mol. The Balaban J connectivity index is 1.21. The molecule has 1 aromatic carbocycles. The van der Waals surface area contributed by atoms with Crippen LogP contribution in [0.15, 0.2) is 48.1 Å². The molecule has 7 N–H and O–H groups in total. The van der Waals surface area contributed by atoms with E-state index in [4.69, 9.17) is 19.9 Å². The van der Waals surface area contributed by atoms with Gasteiger partial charge in [0.05, 0.1) is 29.8 Å². The third-order valence-electron chi connectivity index (χ3n) is 11.4. The van der Waals surface area contributed by atoms with Crippen LogP contribution in [0.5, 0.6) is 0 Å². The second-order valence-corrected chi connectivity index (χ2v) is 14.0. The van der Waals surface area contributed by atoms with Crippen molar-refractivity contribution in [2.75, 3.05) is 19.8 Å². The number of allylic oxidation sites excluding steroid dienone is 4. The number of carboxylic acids is 1. The highest BCUT2D eigenvalue weighted by molar-refractivity contribution is 6.01. The third kappa shape index (κ3) is 6.59. The number of alkyl halides is 1. The van der Waals surface area contributed by atoms with Gasteiger partial charge in [-0.1, -0.05) is 30.7 Å². The Bertz CT molecular complexity index is 1650. The summed E-state index contributed by atoms with van der Waals surface area (Å²) in [6, 6.07) is 4.08. The highest BCUT2D eigenvalue weighted by Crippen LogP contribution is 2.69. The summed E-state index contributed by atoms with van der Waals surface area (Å²) in [7, 11) is 0. The molecule has 0 heterocycles. The van der Waals surface area contributed by atoms with Gasteiger partial charge in [0.2, 0.25) is 5.78 Å². The number of carbonyl (C=O) groups excluding carboxylic acids is 4. The first kappa shape index (κ1) is 38.1. The summed E-state index contributed by atoms with van der Waals surface area (Å²) in [5, 5.41) is 62.7. The molecule has 4 aliphatic carbocycles. The molecule has 17 heteroatoms. The number of rotatable bonds is 12. The zero-order valence-electron chi connectivity index (χ0n) is 27.9. The average molecular weight is 721 g/mol. The van der Waals surface area contributed by atoms with Crippen LogP contribution >= 0.6 is 0 Å². The normalized spacial score (nSPS) is 34.5. The lowest BCUT2D eigenvalue weighted by molar-refractivity contribution is -0.492. The molecule has 51 heavy (non-hydrogen) atoms. The summed E-state index contributed by atoms with van der Waals surface area (Å²) >= 11 is 0. The largest absolute Gasteiger partial charge is 0.480 e. The van der Waals surface area contributed by atoms with E-state index in [1.54, 1.807) is 13.0 Å². The van der Waals surface area contributed by atoms with Crippen LogP contribution in [0.1, 0.15) is 55.5 Å². The van der Waals surface area contributed by atoms with Crippen molar-refractivity contribution in [2.24, 2.45) is 22.7 Å². The van der Waals surface area contributed by atoms with Gasteiger partial charge in [-0.2, -0.15) is 0 Å². The van der Waals surface area contributed by atoms with Crippen molar-refractivity contribution in [3.05, 3.63) is 59.2 Å². The van der Waals surface area contributed by atoms with Gasteiger partial charge >= 0.3 is 18.0 Å². The number of nitrogens with one attached hydrogen (secondary N) is 1. The van der Waals surface area contributed by atoms with Crippen LogP contribution in [0.25, 0.3) is 0 Å². The van der Waals surface area contributed by atoms with Gasteiger partial charge in [-0.3, -0.25) is 24.8 Å². The standard InChI is InChI=1S/C34H41FN2O14/c1-31-10-8-21(38)13-20(31)6-7-22-23-14-25(39)34(46,32(23,2)15-26(40)33(22,31)35)27(41)17-50-30(45)36-24(28(42)43)16-49-29(44)19-5-3-4-18(12-19)9-11-51-37(47)48/h3-5,8,10,12-13,22-26,39-40,46-48H,6-7,9,11,14-17H2,1-2H3,(H,36,45)(H,42,43)/t22-,23-,24?,25+,26-,31-,32-,33-,34-/m0/s1. The quantitative estimate of drug-likeness (QED) is 0.118. The van der Waals surface area contributed by atoms with Crippen molar-refractivity contribution in [1.82, 2.24) is 10.7 Å².